The Kier molecular flexibility index (Phi) is 8.01. The van der Waals surface area contributed by atoms with Gasteiger partial charge in [-0.1, -0.05) is 24.2 Å². The van der Waals surface area contributed by atoms with Crippen molar-refractivity contribution in [1.82, 2.24) is 19.9 Å². The van der Waals surface area contributed by atoms with Gasteiger partial charge in [-0.2, -0.15) is 4.98 Å². The fourth-order valence-electron chi connectivity index (χ4n) is 5.03. The van der Waals surface area contributed by atoms with Crippen LogP contribution in [0.4, 0.5) is 11.7 Å². The van der Waals surface area contributed by atoms with Crippen LogP contribution in [0.3, 0.4) is 0 Å². The van der Waals surface area contributed by atoms with E-state index in [1.807, 2.05) is 41.3 Å². The summed E-state index contributed by atoms with van der Waals surface area (Å²) in [6.07, 6.45) is 1.73. The van der Waals surface area contributed by atoms with E-state index >= 15 is 0 Å². The molecular formula is C28H36N6O3. The average Bonchev–Trinajstić information content (AvgIpc) is 3.45. The molecule has 0 radical (unpaired) electrons. The molecule has 5 rings (SSSR count). The number of nitrogens with zero attached hydrogens (tertiary/aromatic N) is 5. The number of piperazine rings is 1. The number of carbonyl (C=O) groups excluding carboxylic acids is 1. The van der Waals surface area contributed by atoms with Gasteiger partial charge in [0.25, 0.3) is 0 Å². The molecule has 3 heterocycles. The molecule has 1 N–H and O–H groups in total. The van der Waals surface area contributed by atoms with Crippen molar-refractivity contribution in [2.75, 3.05) is 63.1 Å². The topological polar surface area (TPSA) is 87.0 Å². The lowest BCUT2D eigenvalue weighted by atomic mass is 9.97. The van der Waals surface area contributed by atoms with Crippen molar-refractivity contribution >= 4 is 17.6 Å². The van der Waals surface area contributed by atoms with Crippen molar-refractivity contribution in [2.24, 2.45) is 5.92 Å². The molecular weight excluding hydrogens is 468 g/mol. The number of amides is 1. The zero-order chi connectivity index (χ0) is 25.6. The molecule has 0 unspecified atom stereocenters. The molecule has 37 heavy (non-hydrogen) atoms. The van der Waals surface area contributed by atoms with Crippen LogP contribution in [0, 0.1) is 5.92 Å². The number of likely N-dealkylation sites (N-methyl/N-ethyl adjacent to an activating group) is 1. The van der Waals surface area contributed by atoms with E-state index < -0.39 is 0 Å². The number of nitrogens with one attached hydrogen (secondary N) is 1. The number of anilines is 2. The van der Waals surface area contributed by atoms with Gasteiger partial charge in [0.05, 0.1) is 13.0 Å². The molecule has 1 aromatic heterocycles. The zero-order valence-corrected chi connectivity index (χ0v) is 21.7. The molecule has 2 saturated heterocycles. The summed E-state index contributed by atoms with van der Waals surface area (Å²) in [4.78, 5) is 24.6. The summed E-state index contributed by atoms with van der Waals surface area (Å²) >= 11 is 0. The summed E-state index contributed by atoms with van der Waals surface area (Å²) in [5.41, 5.74) is 2.96. The monoisotopic (exact) mass is 504 g/mol. The number of hydrogen-bond acceptors (Lipinski definition) is 8. The van der Waals surface area contributed by atoms with Gasteiger partial charge in [-0.25, -0.2) is 0 Å². The van der Waals surface area contributed by atoms with E-state index in [0.717, 1.165) is 75.7 Å². The predicted molar refractivity (Wildman–Crippen MR) is 144 cm³/mol. The second-order valence-electron chi connectivity index (χ2n) is 9.81. The standard InChI is InChI=1S/C28H36N6O3/c1-3-32-15-17-33(18-16-32)19-21-6-10-24(11-7-21)29-27(35)23-5-4-14-34(20-23)28-30-26(31-37-28)22-8-12-25(36-2)13-9-22/h6-13,23H,3-5,14-20H2,1-2H3,(H,29,35)/t23-/m0/s1. The van der Waals surface area contributed by atoms with Crippen LogP contribution in [-0.4, -0.2) is 78.8 Å². The van der Waals surface area contributed by atoms with Gasteiger partial charge in [0, 0.05) is 57.1 Å². The van der Waals surface area contributed by atoms with Crippen LogP contribution in [0.5, 0.6) is 5.75 Å². The summed E-state index contributed by atoms with van der Waals surface area (Å²) in [5, 5.41) is 7.24. The van der Waals surface area contributed by atoms with E-state index in [-0.39, 0.29) is 11.8 Å². The van der Waals surface area contributed by atoms with Crippen molar-refractivity contribution in [1.29, 1.82) is 0 Å². The first-order valence-corrected chi connectivity index (χ1v) is 13.2. The number of piperidine rings is 1. The summed E-state index contributed by atoms with van der Waals surface area (Å²) in [5.74, 6) is 1.19. The second kappa shape index (κ2) is 11.7. The molecule has 2 aliphatic heterocycles. The van der Waals surface area contributed by atoms with Crippen molar-refractivity contribution in [3.05, 3.63) is 54.1 Å². The Labute approximate surface area is 218 Å². The van der Waals surface area contributed by atoms with Crippen LogP contribution in [0.25, 0.3) is 11.4 Å². The highest BCUT2D eigenvalue weighted by Crippen LogP contribution is 2.26. The van der Waals surface area contributed by atoms with E-state index in [2.05, 4.69) is 44.3 Å². The van der Waals surface area contributed by atoms with Gasteiger partial charge in [0.2, 0.25) is 11.7 Å². The molecule has 1 amide bonds. The minimum Gasteiger partial charge on any atom is -0.497 e. The van der Waals surface area contributed by atoms with Crippen LogP contribution in [-0.2, 0) is 11.3 Å². The van der Waals surface area contributed by atoms with Crippen LogP contribution in [0.1, 0.15) is 25.3 Å². The van der Waals surface area contributed by atoms with Crippen LogP contribution < -0.4 is 15.0 Å². The summed E-state index contributed by atoms with van der Waals surface area (Å²) in [7, 11) is 1.63. The maximum absolute atomic E-state index is 13.1. The van der Waals surface area contributed by atoms with Gasteiger partial charge in [-0.15, -0.1) is 0 Å². The molecule has 2 aromatic carbocycles. The number of aromatic nitrogens is 2. The number of hydrogen-bond donors (Lipinski definition) is 1. The Morgan fingerprint density at radius 3 is 2.46 bits per heavy atom. The van der Waals surface area contributed by atoms with Crippen molar-refractivity contribution in [3.63, 3.8) is 0 Å². The SMILES string of the molecule is CCN1CCN(Cc2ccc(NC(=O)[C@H]3CCCN(c4nc(-c5ccc(OC)cc5)no4)C3)cc2)CC1. The van der Waals surface area contributed by atoms with E-state index in [9.17, 15) is 4.79 Å². The van der Waals surface area contributed by atoms with E-state index in [4.69, 9.17) is 9.26 Å². The lowest BCUT2D eigenvalue weighted by Gasteiger charge is -2.34. The number of benzene rings is 2. The lowest BCUT2D eigenvalue weighted by molar-refractivity contribution is -0.120. The highest BCUT2D eigenvalue weighted by molar-refractivity contribution is 5.93. The third kappa shape index (κ3) is 6.29. The fourth-order valence-corrected chi connectivity index (χ4v) is 5.03. The van der Waals surface area contributed by atoms with Gasteiger partial charge in [-0.05, 0) is 61.3 Å². The highest BCUT2D eigenvalue weighted by atomic mass is 16.5. The Morgan fingerprint density at radius 2 is 1.76 bits per heavy atom. The van der Waals surface area contributed by atoms with Crippen LogP contribution in [0.2, 0.25) is 0 Å². The summed E-state index contributed by atoms with van der Waals surface area (Å²) in [6, 6.07) is 16.2. The van der Waals surface area contributed by atoms with Gasteiger partial charge < -0.3 is 24.4 Å². The Hall–Kier alpha value is -3.43. The molecule has 9 heteroatoms. The fraction of sp³-hybridized carbons (Fsp3) is 0.464. The van der Waals surface area contributed by atoms with Crippen LogP contribution >= 0.6 is 0 Å². The molecule has 1 atom stereocenters. The third-order valence-corrected chi connectivity index (χ3v) is 7.37. The Morgan fingerprint density at radius 1 is 1.03 bits per heavy atom. The van der Waals surface area contributed by atoms with E-state index in [0.29, 0.717) is 18.4 Å². The lowest BCUT2D eigenvalue weighted by Crippen LogP contribution is -2.45. The zero-order valence-electron chi connectivity index (χ0n) is 21.7. The largest absolute Gasteiger partial charge is 0.497 e. The average molecular weight is 505 g/mol. The minimum absolute atomic E-state index is 0.0306. The van der Waals surface area contributed by atoms with Gasteiger partial charge in [0.1, 0.15) is 5.75 Å². The Bertz CT molecular complexity index is 1160. The molecule has 2 aliphatic rings. The molecule has 196 valence electrons. The van der Waals surface area contributed by atoms with Crippen molar-refractivity contribution in [3.8, 4) is 17.1 Å². The second-order valence-corrected chi connectivity index (χ2v) is 9.81. The quantitative estimate of drug-likeness (QED) is 0.497. The Balaban J connectivity index is 1.14. The van der Waals surface area contributed by atoms with Crippen molar-refractivity contribution in [2.45, 2.75) is 26.3 Å². The summed E-state index contributed by atoms with van der Waals surface area (Å²) < 4.78 is 10.8. The van der Waals surface area contributed by atoms with E-state index in [1.165, 1.54) is 5.56 Å². The molecule has 0 bridgehead atoms. The predicted octanol–water partition coefficient (Wildman–Crippen LogP) is 3.74. The van der Waals surface area contributed by atoms with Gasteiger partial charge in [-0.3, -0.25) is 9.69 Å². The number of methoxy groups -OCH3 is 1. The van der Waals surface area contributed by atoms with Crippen LogP contribution in [0.15, 0.2) is 53.1 Å². The first-order chi connectivity index (χ1) is 18.1. The van der Waals surface area contributed by atoms with Gasteiger partial charge in [0.15, 0.2) is 0 Å². The van der Waals surface area contributed by atoms with E-state index in [1.54, 1.807) is 7.11 Å². The minimum atomic E-state index is -0.139. The first-order valence-electron chi connectivity index (χ1n) is 13.2. The number of ether oxygens (including phenoxy) is 1. The maximum Gasteiger partial charge on any atom is 0.324 e. The number of carbonyl (C=O) groups is 1. The highest BCUT2D eigenvalue weighted by Gasteiger charge is 2.29. The third-order valence-electron chi connectivity index (χ3n) is 7.37. The molecule has 9 nitrogen and oxygen atoms in total. The first kappa shape index (κ1) is 25.2. The maximum atomic E-state index is 13.1. The molecule has 0 spiro atoms. The molecule has 0 aliphatic carbocycles. The normalized spacial score (nSPS) is 19.1. The molecule has 2 fully saturated rings. The molecule has 3 aromatic rings. The summed E-state index contributed by atoms with van der Waals surface area (Å²) in [6.45, 7) is 10.1. The molecule has 0 saturated carbocycles. The number of rotatable bonds is 8. The smallest absolute Gasteiger partial charge is 0.324 e. The van der Waals surface area contributed by atoms with Crippen molar-refractivity contribution < 1.29 is 14.1 Å². The van der Waals surface area contributed by atoms with Gasteiger partial charge >= 0.3 is 6.01 Å².